The number of rotatable bonds is 4. The Morgan fingerprint density at radius 3 is 2.64 bits per heavy atom. The van der Waals surface area contributed by atoms with E-state index in [1.165, 1.54) is 4.90 Å². The predicted molar refractivity (Wildman–Crippen MR) is 103 cm³/mol. The molecule has 1 unspecified atom stereocenters. The van der Waals surface area contributed by atoms with Crippen LogP contribution in [0.15, 0.2) is 42.5 Å². The van der Waals surface area contributed by atoms with Gasteiger partial charge in [-0.2, -0.15) is 0 Å². The zero-order valence-electron chi connectivity index (χ0n) is 14.0. The highest BCUT2D eigenvalue weighted by atomic mass is 35.5. The normalized spacial score (nSPS) is 17.6. The second-order valence-corrected chi connectivity index (χ2v) is 7.35. The van der Waals surface area contributed by atoms with Gasteiger partial charge in [0.1, 0.15) is 0 Å². The van der Waals surface area contributed by atoms with Gasteiger partial charge >= 0.3 is 6.09 Å². The Kier molecular flexibility index (Phi) is 5.52. The average Bonchev–Trinajstić information content (AvgIpc) is 2.98. The highest BCUT2D eigenvalue weighted by molar-refractivity contribution is 6.31. The number of hydrogen-bond acceptors (Lipinski definition) is 2. The molecule has 3 rings (SSSR count). The molecular formula is C19H20Cl2N2O2. The van der Waals surface area contributed by atoms with E-state index in [4.69, 9.17) is 23.2 Å². The third kappa shape index (κ3) is 4.27. The molecule has 0 spiro atoms. The zero-order valence-corrected chi connectivity index (χ0v) is 15.5. The molecule has 0 saturated carbocycles. The first-order chi connectivity index (χ1) is 11.9. The van der Waals surface area contributed by atoms with Crippen LogP contribution in [-0.2, 0) is 0 Å². The molecule has 1 atom stereocenters. The first kappa shape index (κ1) is 18.1. The average molecular weight is 379 g/mol. The molecule has 2 aromatic carbocycles. The topological polar surface area (TPSA) is 43.8 Å². The first-order valence-corrected chi connectivity index (χ1v) is 8.94. The zero-order chi connectivity index (χ0) is 18.0. The molecule has 1 heterocycles. The Morgan fingerprint density at radius 2 is 2.00 bits per heavy atom. The van der Waals surface area contributed by atoms with Gasteiger partial charge < -0.3 is 10.0 Å². The summed E-state index contributed by atoms with van der Waals surface area (Å²) >= 11 is 12.3. The van der Waals surface area contributed by atoms with Gasteiger partial charge in [-0.1, -0.05) is 35.3 Å². The van der Waals surface area contributed by atoms with E-state index in [9.17, 15) is 9.90 Å². The summed E-state index contributed by atoms with van der Waals surface area (Å²) < 4.78 is 0. The van der Waals surface area contributed by atoms with Crippen LogP contribution in [0.2, 0.25) is 10.0 Å². The second kappa shape index (κ2) is 7.65. The molecular weight excluding hydrogens is 359 g/mol. The Hall–Kier alpha value is -1.75. The van der Waals surface area contributed by atoms with E-state index >= 15 is 0 Å². The summed E-state index contributed by atoms with van der Waals surface area (Å²) in [6, 6.07) is 12.6. The third-order valence-corrected chi connectivity index (χ3v) is 5.02. The van der Waals surface area contributed by atoms with Crippen molar-refractivity contribution in [3.05, 3.63) is 52.5 Å². The molecule has 1 saturated heterocycles. The van der Waals surface area contributed by atoms with Crippen molar-refractivity contribution >= 4 is 35.0 Å². The number of likely N-dealkylation sites (tertiary alicyclic amines) is 1. The maximum atomic E-state index is 12.0. The van der Waals surface area contributed by atoms with Crippen molar-refractivity contribution in [2.24, 2.45) is 5.92 Å². The van der Waals surface area contributed by atoms with Crippen LogP contribution in [0.3, 0.4) is 0 Å². The molecule has 6 heteroatoms. The lowest BCUT2D eigenvalue weighted by molar-refractivity contribution is 0.200. The molecule has 4 nitrogen and oxygen atoms in total. The minimum atomic E-state index is -0.958. The fourth-order valence-corrected chi connectivity index (χ4v) is 3.71. The van der Waals surface area contributed by atoms with Gasteiger partial charge in [0.2, 0.25) is 0 Å². The van der Waals surface area contributed by atoms with Crippen LogP contribution >= 0.6 is 23.2 Å². The van der Waals surface area contributed by atoms with Gasteiger partial charge in [0, 0.05) is 28.7 Å². The van der Waals surface area contributed by atoms with Crippen molar-refractivity contribution in [2.45, 2.75) is 6.42 Å². The molecule has 0 radical (unpaired) electrons. The predicted octanol–water partition coefficient (Wildman–Crippen LogP) is 5.10. The number of carboxylic acid groups (broad SMARTS) is 1. The number of amides is 1. The standard InChI is InChI=1S/C19H20Cl2N2O2/c1-22-8-7-13(11-22)12-23(19(24)25)18-6-5-16(21)10-17(18)14-3-2-4-15(20)9-14/h2-6,9-10,13H,7-8,11-12H2,1H3,(H,24,25). The van der Waals surface area contributed by atoms with Crippen molar-refractivity contribution in [3.63, 3.8) is 0 Å². The maximum Gasteiger partial charge on any atom is 0.411 e. The molecule has 132 valence electrons. The van der Waals surface area contributed by atoms with Gasteiger partial charge in [0.15, 0.2) is 0 Å². The van der Waals surface area contributed by atoms with E-state index in [2.05, 4.69) is 11.9 Å². The van der Waals surface area contributed by atoms with Crippen molar-refractivity contribution in [2.75, 3.05) is 31.6 Å². The Morgan fingerprint density at radius 1 is 1.24 bits per heavy atom. The minimum absolute atomic E-state index is 0.323. The number of anilines is 1. The fourth-order valence-electron chi connectivity index (χ4n) is 3.34. The van der Waals surface area contributed by atoms with Crippen LogP contribution in [0, 0.1) is 5.92 Å². The van der Waals surface area contributed by atoms with Gasteiger partial charge in [-0.05, 0) is 61.8 Å². The van der Waals surface area contributed by atoms with Gasteiger partial charge in [-0.15, -0.1) is 0 Å². The summed E-state index contributed by atoms with van der Waals surface area (Å²) in [7, 11) is 2.06. The molecule has 25 heavy (non-hydrogen) atoms. The maximum absolute atomic E-state index is 12.0. The molecule has 1 aliphatic rings. The summed E-state index contributed by atoms with van der Waals surface area (Å²) in [6.07, 6.45) is 0.0422. The Bertz CT molecular complexity index is 782. The fraction of sp³-hybridized carbons (Fsp3) is 0.316. The largest absolute Gasteiger partial charge is 0.465 e. The van der Waals surface area contributed by atoms with E-state index in [1.54, 1.807) is 24.3 Å². The molecule has 0 aliphatic carbocycles. The lowest BCUT2D eigenvalue weighted by Crippen LogP contribution is -2.35. The van der Waals surface area contributed by atoms with E-state index < -0.39 is 6.09 Å². The van der Waals surface area contributed by atoms with Gasteiger partial charge in [0.25, 0.3) is 0 Å². The van der Waals surface area contributed by atoms with Crippen molar-refractivity contribution in [1.82, 2.24) is 4.90 Å². The molecule has 1 aliphatic heterocycles. The van der Waals surface area contributed by atoms with E-state index in [0.717, 1.165) is 30.6 Å². The lowest BCUT2D eigenvalue weighted by atomic mass is 10.0. The van der Waals surface area contributed by atoms with Crippen LogP contribution in [-0.4, -0.2) is 42.8 Å². The monoisotopic (exact) mass is 378 g/mol. The number of benzene rings is 2. The summed E-state index contributed by atoms with van der Waals surface area (Å²) in [5.74, 6) is 0.323. The summed E-state index contributed by atoms with van der Waals surface area (Å²) in [6.45, 7) is 2.37. The number of halogens is 2. The molecule has 1 amide bonds. The summed E-state index contributed by atoms with van der Waals surface area (Å²) in [4.78, 5) is 15.6. The summed E-state index contributed by atoms with van der Waals surface area (Å²) in [5.41, 5.74) is 2.25. The van der Waals surface area contributed by atoms with E-state index in [0.29, 0.717) is 28.2 Å². The van der Waals surface area contributed by atoms with E-state index in [-0.39, 0.29) is 0 Å². The van der Waals surface area contributed by atoms with Gasteiger partial charge in [0.05, 0.1) is 5.69 Å². The van der Waals surface area contributed by atoms with Gasteiger partial charge in [-0.3, -0.25) is 4.90 Å². The van der Waals surface area contributed by atoms with Crippen LogP contribution in [0.25, 0.3) is 11.1 Å². The quantitative estimate of drug-likeness (QED) is 0.804. The van der Waals surface area contributed by atoms with Crippen molar-refractivity contribution in [1.29, 1.82) is 0 Å². The van der Waals surface area contributed by atoms with Crippen LogP contribution in [0.5, 0.6) is 0 Å². The van der Waals surface area contributed by atoms with Gasteiger partial charge in [-0.25, -0.2) is 4.79 Å². The highest BCUT2D eigenvalue weighted by Crippen LogP contribution is 2.35. The minimum Gasteiger partial charge on any atom is -0.465 e. The second-order valence-electron chi connectivity index (χ2n) is 6.48. The molecule has 1 fully saturated rings. The molecule has 1 N–H and O–H groups in total. The molecule has 0 aromatic heterocycles. The summed E-state index contributed by atoms with van der Waals surface area (Å²) in [5, 5.41) is 11.0. The van der Waals surface area contributed by atoms with E-state index in [1.807, 2.05) is 18.2 Å². The Balaban J connectivity index is 2.00. The Labute approximate surface area is 157 Å². The first-order valence-electron chi connectivity index (χ1n) is 8.18. The smallest absolute Gasteiger partial charge is 0.411 e. The molecule has 0 bridgehead atoms. The molecule has 2 aromatic rings. The number of carbonyl (C=O) groups is 1. The van der Waals surface area contributed by atoms with Crippen molar-refractivity contribution < 1.29 is 9.90 Å². The lowest BCUT2D eigenvalue weighted by Gasteiger charge is -2.25. The highest BCUT2D eigenvalue weighted by Gasteiger charge is 2.26. The number of nitrogens with zero attached hydrogens (tertiary/aromatic N) is 2. The SMILES string of the molecule is CN1CCC(CN(C(=O)O)c2ccc(Cl)cc2-c2cccc(Cl)c2)C1. The number of hydrogen-bond donors (Lipinski definition) is 1. The van der Waals surface area contributed by atoms with Crippen molar-refractivity contribution in [3.8, 4) is 11.1 Å². The third-order valence-electron chi connectivity index (χ3n) is 4.55. The van der Waals surface area contributed by atoms with Crippen LogP contribution < -0.4 is 4.90 Å². The van der Waals surface area contributed by atoms with Crippen LogP contribution in [0.1, 0.15) is 6.42 Å². The van der Waals surface area contributed by atoms with Crippen LogP contribution in [0.4, 0.5) is 10.5 Å².